The average molecular weight is 446 g/mol. The molecular formula is C19H19N5O4S2. The maximum atomic E-state index is 12.8. The minimum atomic E-state index is -3.96. The number of nitrogens with one attached hydrogen (secondary N) is 3. The highest BCUT2D eigenvalue weighted by molar-refractivity contribution is 7.92. The predicted molar refractivity (Wildman–Crippen MR) is 115 cm³/mol. The first-order chi connectivity index (χ1) is 14.3. The van der Waals surface area contributed by atoms with Crippen LogP contribution in [0.1, 0.15) is 29.2 Å². The van der Waals surface area contributed by atoms with Crippen LogP contribution in [0, 0.1) is 0 Å². The van der Waals surface area contributed by atoms with Crippen molar-refractivity contribution in [2.75, 3.05) is 15.4 Å². The maximum absolute atomic E-state index is 12.8. The lowest BCUT2D eigenvalue weighted by Crippen LogP contribution is -2.18. The van der Waals surface area contributed by atoms with Gasteiger partial charge in [-0.25, -0.2) is 8.42 Å². The molecule has 2 amide bonds. The number of benzene rings is 2. The Bertz CT molecular complexity index is 1170. The van der Waals surface area contributed by atoms with Gasteiger partial charge in [-0.05, 0) is 42.8 Å². The largest absolute Gasteiger partial charge is 0.326 e. The molecule has 0 atom stereocenters. The zero-order chi connectivity index (χ0) is 21.7. The Balaban J connectivity index is 1.81. The number of carbonyl (C=O) groups excluding carboxylic acids is 2. The molecule has 11 heteroatoms. The summed E-state index contributed by atoms with van der Waals surface area (Å²) in [4.78, 5) is 23.7. The summed E-state index contributed by atoms with van der Waals surface area (Å²) >= 11 is 1.25. The summed E-state index contributed by atoms with van der Waals surface area (Å²) in [6.45, 7) is 3.29. The molecule has 2 aromatic carbocycles. The zero-order valence-corrected chi connectivity index (χ0v) is 17.8. The van der Waals surface area contributed by atoms with Crippen LogP contribution < -0.4 is 15.4 Å². The highest BCUT2D eigenvalue weighted by Gasteiger charge is 2.19. The van der Waals surface area contributed by atoms with E-state index in [-0.39, 0.29) is 22.1 Å². The third kappa shape index (κ3) is 5.19. The van der Waals surface area contributed by atoms with Gasteiger partial charge in [0, 0.05) is 12.6 Å². The van der Waals surface area contributed by atoms with Crippen LogP contribution in [0.5, 0.6) is 0 Å². The maximum Gasteiger partial charge on any atom is 0.261 e. The van der Waals surface area contributed by atoms with Crippen LogP contribution in [0.2, 0.25) is 0 Å². The van der Waals surface area contributed by atoms with E-state index in [4.69, 9.17) is 0 Å². The molecule has 0 unspecified atom stereocenters. The van der Waals surface area contributed by atoms with Gasteiger partial charge in [-0.15, -0.1) is 10.2 Å². The Morgan fingerprint density at radius 2 is 1.70 bits per heavy atom. The number of aryl methyl sites for hydroxylation is 1. The van der Waals surface area contributed by atoms with Crippen LogP contribution in [0.25, 0.3) is 0 Å². The van der Waals surface area contributed by atoms with E-state index in [0.717, 1.165) is 5.01 Å². The second kappa shape index (κ2) is 9.01. The molecule has 0 radical (unpaired) electrons. The molecule has 9 nitrogen and oxygen atoms in total. The van der Waals surface area contributed by atoms with Gasteiger partial charge in [-0.2, -0.15) is 0 Å². The molecule has 3 rings (SSSR count). The Hall–Kier alpha value is -3.31. The average Bonchev–Trinajstić information content (AvgIpc) is 3.15. The van der Waals surface area contributed by atoms with Crippen molar-refractivity contribution in [2.24, 2.45) is 0 Å². The van der Waals surface area contributed by atoms with Crippen LogP contribution in [0.3, 0.4) is 0 Å². The smallest absolute Gasteiger partial charge is 0.261 e. The fourth-order valence-electron chi connectivity index (χ4n) is 2.51. The molecule has 0 spiro atoms. The minimum absolute atomic E-state index is 0.0106. The number of rotatable bonds is 7. The summed E-state index contributed by atoms with van der Waals surface area (Å²) in [7, 11) is -3.96. The molecule has 3 aromatic rings. The Labute approximate surface area is 177 Å². The highest BCUT2D eigenvalue weighted by Crippen LogP contribution is 2.23. The fraction of sp³-hybridized carbons (Fsp3) is 0.158. The molecule has 1 heterocycles. The van der Waals surface area contributed by atoms with E-state index in [1.807, 2.05) is 6.92 Å². The molecule has 0 aliphatic carbocycles. The summed E-state index contributed by atoms with van der Waals surface area (Å²) in [6, 6.07) is 11.9. The SMILES string of the molecule is CCc1nnc(NC(=O)c2ccccc2NS(=O)(=O)c2ccc(NC(C)=O)cc2)s1. The van der Waals surface area contributed by atoms with Gasteiger partial charge in [0.05, 0.1) is 16.1 Å². The van der Waals surface area contributed by atoms with Crippen molar-refractivity contribution in [3.63, 3.8) is 0 Å². The first kappa shape index (κ1) is 21.4. The quantitative estimate of drug-likeness (QED) is 0.512. The number of anilines is 3. The van der Waals surface area contributed by atoms with E-state index in [1.165, 1.54) is 54.7 Å². The lowest BCUT2D eigenvalue weighted by atomic mass is 10.2. The van der Waals surface area contributed by atoms with E-state index in [0.29, 0.717) is 17.2 Å². The third-order valence-electron chi connectivity index (χ3n) is 3.89. The predicted octanol–water partition coefficient (Wildman–Crippen LogP) is 3.11. The van der Waals surface area contributed by atoms with Gasteiger partial charge in [0.25, 0.3) is 15.9 Å². The normalized spacial score (nSPS) is 11.0. The first-order valence-corrected chi connectivity index (χ1v) is 11.2. The number of nitrogens with zero attached hydrogens (tertiary/aromatic N) is 2. The van der Waals surface area contributed by atoms with E-state index < -0.39 is 15.9 Å². The Kier molecular flexibility index (Phi) is 6.43. The van der Waals surface area contributed by atoms with Crippen LogP contribution in [0.15, 0.2) is 53.4 Å². The van der Waals surface area contributed by atoms with Gasteiger partial charge in [-0.1, -0.05) is 30.4 Å². The van der Waals surface area contributed by atoms with Gasteiger partial charge in [0.15, 0.2) is 0 Å². The van der Waals surface area contributed by atoms with Gasteiger partial charge in [0.1, 0.15) is 5.01 Å². The van der Waals surface area contributed by atoms with Crippen molar-refractivity contribution in [1.82, 2.24) is 10.2 Å². The summed E-state index contributed by atoms with van der Waals surface area (Å²) in [5, 5.41) is 14.2. The zero-order valence-electron chi connectivity index (χ0n) is 16.2. The molecule has 30 heavy (non-hydrogen) atoms. The van der Waals surface area contributed by atoms with Crippen LogP contribution >= 0.6 is 11.3 Å². The molecule has 1 aromatic heterocycles. The summed E-state index contributed by atoms with van der Waals surface area (Å²) in [6.07, 6.45) is 0.699. The van der Waals surface area contributed by atoms with Crippen molar-refractivity contribution >= 4 is 49.7 Å². The second-order valence-electron chi connectivity index (χ2n) is 6.17. The van der Waals surface area contributed by atoms with Crippen molar-refractivity contribution in [2.45, 2.75) is 25.2 Å². The van der Waals surface area contributed by atoms with Crippen molar-refractivity contribution < 1.29 is 18.0 Å². The van der Waals surface area contributed by atoms with Crippen LogP contribution in [0.4, 0.5) is 16.5 Å². The standard InChI is InChI=1S/C19H19N5O4S2/c1-3-17-22-23-19(29-17)21-18(26)15-6-4-5-7-16(15)24-30(27,28)14-10-8-13(9-11-14)20-12(2)25/h4-11,24H,3H2,1-2H3,(H,20,25)(H,21,23,26). The fourth-order valence-corrected chi connectivity index (χ4v) is 4.26. The van der Waals surface area contributed by atoms with E-state index in [9.17, 15) is 18.0 Å². The molecule has 0 aliphatic rings. The lowest BCUT2D eigenvalue weighted by molar-refractivity contribution is -0.114. The Morgan fingerprint density at radius 1 is 1.00 bits per heavy atom. The van der Waals surface area contributed by atoms with E-state index in [2.05, 4.69) is 25.6 Å². The number of amides is 2. The molecule has 0 saturated carbocycles. The molecule has 0 bridgehead atoms. The molecule has 156 valence electrons. The van der Waals surface area contributed by atoms with Gasteiger partial charge >= 0.3 is 0 Å². The summed E-state index contributed by atoms with van der Waals surface area (Å²) < 4.78 is 28.0. The highest BCUT2D eigenvalue weighted by atomic mass is 32.2. The number of carbonyl (C=O) groups is 2. The van der Waals surface area contributed by atoms with Gasteiger partial charge in [0.2, 0.25) is 11.0 Å². The van der Waals surface area contributed by atoms with Gasteiger partial charge in [-0.3, -0.25) is 19.6 Å². The second-order valence-corrected chi connectivity index (χ2v) is 8.91. The number of aromatic nitrogens is 2. The number of sulfonamides is 1. The molecule has 0 aliphatic heterocycles. The third-order valence-corrected chi connectivity index (χ3v) is 6.26. The number of para-hydroxylation sites is 1. The first-order valence-electron chi connectivity index (χ1n) is 8.91. The molecular weight excluding hydrogens is 426 g/mol. The topological polar surface area (TPSA) is 130 Å². The van der Waals surface area contributed by atoms with Crippen LogP contribution in [-0.2, 0) is 21.2 Å². The number of hydrogen-bond donors (Lipinski definition) is 3. The molecule has 0 fully saturated rings. The molecule has 0 saturated heterocycles. The summed E-state index contributed by atoms with van der Waals surface area (Å²) in [5.41, 5.74) is 0.745. The van der Waals surface area contributed by atoms with Crippen molar-refractivity contribution in [3.8, 4) is 0 Å². The van der Waals surface area contributed by atoms with E-state index in [1.54, 1.807) is 12.1 Å². The van der Waals surface area contributed by atoms with Crippen molar-refractivity contribution in [1.29, 1.82) is 0 Å². The van der Waals surface area contributed by atoms with Crippen molar-refractivity contribution in [3.05, 3.63) is 59.1 Å². The lowest BCUT2D eigenvalue weighted by Gasteiger charge is -2.12. The van der Waals surface area contributed by atoms with Crippen LogP contribution in [-0.4, -0.2) is 30.4 Å². The van der Waals surface area contributed by atoms with E-state index >= 15 is 0 Å². The summed E-state index contributed by atoms with van der Waals surface area (Å²) in [5.74, 6) is -0.765. The Morgan fingerprint density at radius 3 is 2.33 bits per heavy atom. The number of hydrogen-bond acceptors (Lipinski definition) is 7. The molecule has 3 N–H and O–H groups in total. The van der Waals surface area contributed by atoms with Gasteiger partial charge < -0.3 is 5.32 Å². The minimum Gasteiger partial charge on any atom is -0.326 e. The monoisotopic (exact) mass is 445 g/mol.